The molecular weight excluding hydrogens is 128 g/mol. The second-order valence-electron chi connectivity index (χ2n) is 3.27. The molecule has 1 atom stereocenters. The monoisotopic (exact) mass is 146 g/mol. The largest absolute Gasteiger partial charge is 0.391 e. The van der Waals surface area contributed by atoms with E-state index in [1.54, 1.807) is 6.92 Å². The van der Waals surface area contributed by atoms with Crippen LogP contribution in [0.2, 0.25) is 0 Å². The van der Waals surface area contributed by atoms with E-state index in [9.17, 15) is 0 Å². The number of aliphatic hydroxyl groups excluding tert-OH is 1. The summed E-state index contributed by atoms with van der Waals surface area (Å²) in [4.78, 5) is 0. The van der Waals surface area contributed by atoms with Crippen LogP contribution >= 0.6 is 0 Å². The Morgan fingerprint density at radius 3 is 2.30 bits per heavy atom. The molecule has 0 radical (unpaired) electrons. The molecule has 0 aromatic carbocycles. The summed E-state index contributed by atoms with van der Waals surface area (Å²) in [6.45, 7) is 8.28. The Labute approximate surface area is 63.2 Å². The summed E-state index contributed by atoms with van der Waals surface area (Å²) in [7, 11) is 0. The highest BCUT2D eigenvalue weighted by Crippen LogP contribution is 2.13. The van der Waals surface area contributed by atoms with E-state index >= 15 is 0 Å². The molecule has 0 aliphatic carbocycles. The normalized spacial score (nSPS) is 15.3. The molecule has 0 saturated heterocycles. The SMILES string of the molecule is CCC(C)(C)OCC(C)O. The lowest BCUT2D eigenvalue weighted by atomic mass is 10.1. The van der Waals surface area contributed by atoms with Gasteiger partial charge in [0.15, 0.2) is 0 Å². The molecule has 0 fully saturated rings. The van der Waals surface area contributed by atoms with Crippen molar-refractivity contribution < 1.29 is 9.84 Å². The molecule has 0 aromatic heterocycles. The molecule has 0 bridgehead atoms. The molecule has 0 rings (SSSR count). The molecule has 0 heterocycles. The van der Waals surface area contributed by atoms with Gasteiger partial charge in [-0.2, -0.15) is 0 Å². The third-order valence-corrected chi connectivity index (χ3v) is 1.57. The maximum Gasteiger partial charge on any atom is 0.0745 e. The first-order chi connectivity index (χ1) is 4.48. The van der Waals surface area contributed by atoms with Gasteiger partial charge in [0.05, 0.1) is 18.3 Å². The van der Waals surface area contributed by atoms with E-state index in [-0.39, 0.29) is 11.7 Å². The van der Waals surface area contributed by atoms with Crippen molar-refractivity contribution in [1.82, 2.24) is 0 Å². The van der Waals surface area contributed by atoms with E-state index in [0.29, 0.717) is 6.61 Å². The van der Waals surface area contributed by atoms with E-state index in [0.717, 1.165) is 6.42 Å². The standard InChI is InChI=1S/C8H18O2/c1-5-8(3,4)10-6-7(2)9/h7,9H,5-6H2,1-4H3. The van der Waals surface area contributed by atoms with Gasteiger partial charge in [-0.05, 0) is 27.2 Å². The van der Waals surface area contributed by atoms with Crippen molar-refractivity contribution in [2.45, 2.75) is 45.8 Å². The second-order valence-corrected chi connectivity index (χ2v) is 3.27. The molecule has 0 saturated carbocycles. The van der Waals surface area contributed by atoms with E-state index in [1.807, 2.05) is 13.8 Å². The third-order valence-electron chi connectivity index (χ3n) is 1.57. The molecule has 2 nitrogen and oxygen atoms in total. The lowest BCUT2D eigenvalue weighted by Crippen LogP contribution is -2.27. The second kappa shape index (κ2) is 3.94. The van der Waals surface area contributed by atoms with Crippen LogP contribution in [0, 0.1) is 0 Å². The van der Waals surface area contributed by atoms with Crippen LogP contribution in [-0.2, 0) is 4.74 Å². The van der Waals surface area contributed by atoms with Crippen molar-refractivity contribution in [3.05, 3.63) is 0 Å². The van der Waals surface area contributed by atoms with Gasteiger partial charge in [-0.15, -0.1) is 0 Å². The lowest BCUT2D eigenvalue weighted by Gasteiger charge is -2.24. The number of hydrogen-bond donors (Lipinski definition) is 1. The fourth-order valence-corrected chi connectivity index (χ4v) is 0.448. The van der Waals surface area contributed by atoms with E-state index < -0.39 is 0 Å². The van der Waals surface area contributed by atoms with Gasteiger partial charge in [-0.1, -0.05) is 6.92 Å². The van der Waals surface area contributed by atoms with Crippen molar-refractivity contribution in [2.24, 2.45) is 0 Å². The van der Waals surface area contributed by atoms with Crippen LogP contribution in [-0.4, -0.2) is 23.4 Å². The molecule has 1 unspecified atom stereocenters. The van der Waals surface area contributed by atoms with Gasteiger partial charge < -0.3 is 9.84 Å². The maximum atomic E-state index is 8.89. The minimum atomic E-state index is -0.356. The molecule has 2 heteroatoms. The molecule has 1 N–H and O–H groups in total. The minimum Gasteiger partial charge on any atom is -0.391 e. The minimum absolute atomic E-state index is 0.0863. The Morgan fingerprint density at radius 2 is 2.00 bits per heavy atom. The first-order valence-corrected chi connectivity index (χ1v) is 3.80. The van der Waals surface area contributed by atoms with Gasteiger partial charge >= 0.3 is 0 Å². The van der Waals surface area contributed by atoms with Gasteiger partial charge in [0.1, 0.15) is 0 Å². The van der Waals surface area contributed by atoms with Crippen LogP contribution in [0.25, 0.3) is 0 Å². The summed E-state index contributed by atoms with van der Waals surface area (Å²) >= 11 is 0. The molecule has 0 spiro atoms. The predicted molar refractivity (Wildman–Crippen MR) is 42.0 cm³/mol. The zero-order valence-corrected chi connectivity index (χ0v) is 7.35. The Bertz CT molecular complexity index is 87.3. The van der Waals surface area contributed by atoms with Crippen molar-refractivity contribution in [3.63, 3.8) is 0 Å². The van der Waals surface area contributed by atoms with Crippen molar-refractivity contribution in [3.8, 4) is 0 Å². The van der Waals surface area contributed by atoms with Gasteiger partial charge in [0.25, 0.3) is 0 Å². The number of hydrogen-bond acceptors (Lipinski definition) is 2. The zero-order valence-electron chi connectivity index (χ0n) is 7.35. The predicted octanol–water partition coefficient (Wildman–Crippen LogP) is 1.57. The van der Waals surface area contributed by atoms with Gasteiger partial charge in [0.2, 0.25) is 0 Å². The molecule has 0 aromatic rings. The van der Waals surface area contributed by atoms with Crippen molar-refractivity contribution in [1.29, 1.82) is 0 Å². The third kappa shape index (κ3) is 4.77. The molecule has 10 heavy (non-hydrogen) atoms. The summed E-state index contributed by atoms with van der Waals surface area (Å²) in [6, 6.07) is 0. The van der Waals surface area contributed by atoms with E-state index in [1.165, 1.54) is 0 Å². The zero-order chi connectivity index (χ0) is 8.20. The van der Waals surface area contributed by atoms with Gasteiger partial charge in [0, 0.05) is 0 Å². The highest BCUT2D eigenvalue weighted by Gasteiger charge is 2.15. The van der Waals surface area contributed by atoms with Crippen LogP contribution < -0.4 is 0 Å². The van der Waals surface area contributed by atoms with Crippen LogP contribution in [0.4, 0.5) is 0 Å². The highest BCUT2D eigenvalue weighted by molar-refractivity contribution is 4.65. The Hall–Kier alpha value is -0.0800. The smallest absolute Gasteiger partial charge is 0.0745 e. The molecule has 0 aliphatic rings. The Balaban J connectivity index is 3.46. The molecule has 62 valence electrons. The Kier molecular flexibility index (Phi) is 3.91. The van der Waals surface area contributed by atoms with Crippen LogP contribution in [0.5, 0.6) is 0 Å². The first-order valence-electron chi connectivity index (χ1n) is 3.80. The van der Waals surface area contributed by atoms with Crippen LogP contribution in [0.15, 0.2) is 0 Å². The average molecular weight is 146 g/mol. The summed E-state index contributed by atoms with van der Waals surface area (Å²) in [5.41, 5.74) is -0.0863. The average Bonchev–Trinajstić information content (AvgIpc) is 1.85. The first kappa shape index (κ1) is 9.92. The fraction of sp³-hybridized carbons (Fsp3) is 1.00. The van der Waals surface area contributed by atoms with Crippen LogP contribution in [0.1, 0.15) is 34.1 Å². The quantitative estimate of drug-likeness (QED) is 0.652. The Morgan fingerprint density at radius 1 is 1.50 bits per heavy atom. The number of rotatable bonds is 4. The highest BCUT2D eigenvalue weighted by atomic mass is 16.5. The summed E-state index contributed by atoms with van der Waals surface area (Å²) in [6.07, 6.45) is 0.616. The maximum absolute atomic E-state index is 8.89. The van der Waals surface area contributed by atoms with Crippen molar-refractivity contribution >= 4 is 0 Å². The van der Waals surface area contributed by atoms with Gasteiger partial charge in [-0.3, -0.25) is 0 Å². The molecule has 0 aliphatic heterocycles. The fourth-order valence-electron chi connectivity index (χ4n) is 0.448. The lowest BCUT2D eigenvalue weighted by molar-refractivity contribution is -0.0563. The number of aliphatic hydroxyl groups is 1. The van der Waals surface area contributed by atoms with Crippen LogP contribution in [0.3, 0.4) is 0 Å². The summed E-state index contributed by atoms with van der Waals surface area (Å²) in [5.74, 6) is 0. The summed E-state index contributed by atoms with van der Waals surface area (Å²) < 4.78 is 5.39. The van der Waals surface area contributed by atoms with E-state index in [2.05, 4.69) is 6.92 Å². The topological polar surface area (TPSA) is 29.5 Å². The summed E-state index contributed by atoms with van der Waals surface area (Å²) in [5, 5.41) is 8.89. The van der Waals surface area contributed by atoms with Gasteiger partial charge in [-0.25, -0.2) is 0 Å². The molecule has 0 amide bonds. The molecular formula is C8H18O2. The van der Waals surface area contributed by atoms with Crippen molar-refractivity contribution in [2.75, 3.05) is 6.61 Å². The van der Waals surface area contributed by atoms with E-state index in [4.69, 9.17) is 9.84 Å². The number of ether oxygens (including phenoxy) is 1.